The van der Waals surface area contributed by atoms with E-state index in [1.165, 1.54) is 12.8 Å². The van der Waals surface area contributed by atoms with E-state index in [-0.39, 0.29) is 24.2 Å². The summed E-state index contributed by atoms with van der Waals surface area (Å²) in [6.07, 6.45) is 8.34. The van der Waals surface area contributed by atoms with Gasteiger partial charge in [0.05, 0.1) is 11.3 Å². The molecule has 3 fully saturated rings. The lowest BCUT2D eigenvalue weighted by Crippen LogP contribution is -2.51. The van der Waals surface area contributed by atoms with Crippen LogP contribution in [0.1, 0.15) is 38.5 Å². The zero-order chi connectivity index (χ0) is 17.5. The van der Waals surface area contributed by atoms with Crippen LogP contribution in [0.4, 0.5) is 5.82 Å². The van der Waals surface area contributed by atoms with Crippen molar-refractivity contribution < 1.29 is 4.79 Å². The fourth-order valence-corrected chi connectivity index (χ4v) is 5.63. The minimum Gasteiger partial charge on any atom is -0.355 e. The van der Waals surface area contributed by atoms with Crippen LogP contribution in [0, 0.1) is 5.92 Å². The van der Waals surface area contributed by atoms with Crippen molar-refractivity contribution in [3.05, 3.63) is 17.8 Å². The molecule has 5 rings (SSSR count). The van der Waals surface area contributed by atoms with Gasteiger partial charge in [-0.3, -0.25) is 4.79 Å². The Morgan fingerprint density at radius 3 is 2.85 bits per heavy atom. The van der Waals surface area contributed by atoms with Gasteiger partial charge in [0.1, 0.15) is 17.0 Å². The minimum atomic E-state index is 0. The van der Waals surface area contributed by atoms with E-state index >= 15 is 0 Å². The molecule has 0 radical (unpaired) electrons. The Morgan fingerprint density at radius 1 is 1.22 bits per heavy atom. The number of rotatable bonds is 3. The summed E-state index contributed by atoms with van der Waals surface area (Å²) < 4.78 is 0. The number of anilines is 1. The van der Waals surface area contributed by atoms with Gasteiger partial charge >= 0.3 is 0 Å². The second-order valence-electron chi connectivity index (χ2n) is 7.94. The quantitative estimate of drug-likeness (QED) is 0.818. The molecule has 3 atom stereocenters. The lowest BCUT2D eigenvalue weighted by molar-refractivity contribution is -0.126. The van der Waals surface area contributed by atoms with Gasteiger partial charge in [-0.05, 0) is 50.0 Å². The van der Waals surface area contributed by atoms with Crippen molar-refractivity contribution >= 4 is 45.7 Å². The van der Waals surface area contributed by atoms with Crippen LogP contribution in [-0.4, -0.2) is 47.1 Å². The highest BCUT2D eigenvalue weighted by Gasteiger charge is 2.35. The molecule has 8 heteroatoms. The number of halogens is 1. The predicted octanol–water partition coefficient (Wildman–Crippen LogP) is 2.73. The predicted molar refractivity (Wildman–Crippen MR) is 111 cm³/mol. The highest BCUT2D eigenvalue weighted by molar-refractivity contribution is 7.16. The third-order valence-corrected chi connectivity index (χ3v) is 6.97. The van der Waals surface area contributed by atoms with Crippen LogP contribution in [0.5, 0.6) is 0 Å². The maximum absolute atomic E-state index is 12.9. The zero-order valence-electron chi connectivity index (χ0n) is 15.3. The van der Waals surface area contributed by atoms with E-state index in [0.29, 0.717) is 18.1 Å². The van der Waals surface area contributed by atoms with Crippen molar-refractivity contribution in [2.45, 2.75) is 56.7 Å². The summed E-state index contributed by atoms with van der Waals surface area (Å²) in [5.41, 5.74) is 0. The number of hydrogen-bond acceptors (Lipinski definition) is 6. The number of aromatic nitrogens is 2. The summed E-state index contributed by atoms with van der Waals surface area (Å²) in [6, 6.07) is 3.65. The molecule has 6 nitrogen and oxygen atoms in total. The van der Waals surface area contributed by atoms with Crippen LogP contribution in [0.15, 0.2) is 17.8 Å². The molecule has 2 aromatic rings. The van der Waals surface area contributed by atoms with Gasteiger partial charge in [-0.15, -0.1) is 23.7 Å². The molecule has 0 spiro atoms. The van der Waals surface area contributed by atoms with Gasteiger partial charge in [0.25, 0.3) is 0 Å². The molecule has 3 saturated heterocycles. The Balaban J connectivity index is 0.00000180. The van der Waals surface area contributed by atoms with Crippen molar-refractivity contribution in [2.75, 3.05) is 18.0 Å². The minimum absolute atomic E-state index is 0. The second-order valence-corrected chi connectivity index (χ2v) is 8.83. The summed E-state index contributed by atoms with van der Waals surface area (Å²) >= 11 is 1.64. The first-order valence-electron chi connectivity index (χ1n) is 9.76. The Kier molecular flexibility index (Phi) is 5.53. The van der Waals surface area contributed by atoms with Gasteiger partial charge in [-0.1, -0.05) is 0 Å². The van der Waals surface area contributed by atoms with Crippen molar-refractivity contribution in [2.24, 2.45) is 5.92 Å². The summed E-state index contributed by atoms with van der Waals surface area (Å²) in [5, 5.41) is 10.2. The van der Waals surface area contributed by atoms with Crippen molar-refractivity contribution in [1.29, 1.82) is 0 Å². The van der Waals surface area contributed by atoms with Gasteiger partial charge in [-0.25, -0.2) is 9.97 Å². The lowest BCUT2D eigenvalue weighted by Gasteiger charge is -2.35. The molecule has 2 bridgehead atoms. The van der Waals surface area contributed by atoms with E-state index in [1.54, 1.807) is 17.7 Å². The molecule has 1 amide bonds. The van der Waals surface area contributed by atoms with Crippen molar-refractivity contribution in [3.8, 4) is 0 Å². The van der Waals surface area contributed by atoms with Crippen molar-refractivity contribution in [3.63, 3.8) is 0 Å². The maximum Gasteiger partial charge on any atom is 0.225 e. The van der Waals surface area contributed by atoms with Crippen LogP contribution < -0.4 is 15.5 Å². The van der Waals surface area contributed by atoms with E-state index in [9.17, 15) is 4.79 Å². The maximum atomic E-state index is 12.9. The number of thiophene rings is 1. The van der Waals surface area contributed by atoms with Crippen molar-refractivity contribution in [1.82, 2.24) is 20.6 Å². The normalized spacial score (nSPS) is 30.1. The fourth-order valence-electron chi connectivity index (χ4n) is 4.91. The van der Waals surface area contributed by atoms with Crippen LogP contribution in [0.25, 0.3) is 10.2 Å². The Bertz CT molecular complexity index is 802. The first-order chi connectivity index (χ1) is 12.8. The third-order valence-electron chi connectivity index (χ3n) is 6.15. The van der Waals surface area contributed by atoms with Gasteiger partial charge in [0, 0.05) is 31.2 Å². The number of carbonyl (C=O) groups is 1. The molecule has 2 aromatic heterocycles. The first-order valence-corrected chi connectivity index (χ1v) is 10.6. The topological polar surface area (TPSA) is 70.2 Å². The van der Waals surface area contributed by atoms with Crippen LogP contribution in [0.2, 0.25) is 0 Å². The SMILES string of the molecule is Cl.O=C(NC1CC2CCC(C1)N2)C1CCCN(c2ncnc3sccc23)C1. The highest BCUT2D eigenvalue weighted by Crippen LogP contribution is 2.31. The molecule has 0 saturated carbocycles. The highest BCUT2D eigenvalue weighted by atomic mass is 35.5. The first kappa shape index (κ1) is 18.9. The van der Waals surface area contributed by atoms with Crippen LogP contribution >= 0.6 is 23.7 Å². The van der Waals surface area contributed by atoms with E-state index in [1.807, 2.05) is 0 Å². The molecule has 2 N–H and O–H groups in total. The lowest BCUT2D eigenvalue weighted by atomic mass is 9.94. The number of carbonyl (C=O) groups excluding carboxylic acids is 1. The molecule has 0 aromatic carbocycles. The van der Waals surface area contributed by atoms with E-state index in [0.717, 1.165) is 54.8 Å². The molecule has 0 aliphatic carbocycles. The summed E-state index contributed by atoms with van der Waals surface area (Å²) in [6.45, 7) is 1.72. The van der Waals surface area contributed by atoms with E-state index < -0.39 is 0 Å². The Labute approximate surface area is 169 Å². The van der Waals surface area contributed by atoms with Gasteiger partial charge < -0.3 is 15.5 Å². The molecule has 3 aliphatic heterocycles. The molecule has 5 heterocycles. The van der Waals surface area contributed by atoms with Crippen LogP contribution in [-0.2, 0) is 4.79 Å². The number of fused-ring (bicyclic) bond motifs is 3. The average molecular weight is 408 g/mol. The van der Waals surface area contributed by atoms with Crippen LogP contribution in [0.3, 0.4) is 0 Å². The van der Waals surface area contributed by atoms with E-state index in [2.05, 4.69) is 36.9 Å². The summed E-state index contributed by atoms with van der Waals surface area (Å²) in [5.74, 6) is 1.27. The van der Waals surface area contributed by atoms with E-state index in [4.69, 9.17) is 0 Å². The number of hydrogen-bond donors (Lipinski definition) is 2. The van der Waals surface area contributed by atoms with Gasteiger partial charge in [-0.2, -0.15) is 0 Å². The fraction of sp³-hybridized carbons (Fsp3) is 0.632. The monoisotopic (exact) mass is 407 g/mol. The van der Waals surface area contributed by atoms with Gasteiger partial charge in [0.15, 0.2) is 0 Å². The molecule has 146 valence electrons. The standard InChI is InChI=1S/C19H25N5OS.ClH/c25-18(23-15-8-13-3-4-14(9-15)22-13)12-2-1-6-24(10-12)17-16-5-7-26-19(16)21-11-20-17;/h5,7,11-15,22H,1-4,6,8-10H2,(H,23,25);1H. The molecule has 27 heavy (non-hydrogen) atoms. The molecule has 3 aliphatic rings. The summed E-state index contributed by atoms with van der Waals surface area (Å²) in [7, 11) is 0. The third kappa shape index (κ3) is 3.77. The number of nitrogens with zero attached hydrogens (tertiary/aromatic N) is 3. The smallest absolute Gasteiger partial charge is 0.225 e. The van der Waals surface area contributed by atoms with Gasteiger partial charge in [0.2, 0.25) is 5.91 Å². The molecular weight excluding hydrogens is 382 g/mol. The zero-order valence-corrected chi connectivity index (χ0v) is 16.9. The number of piperidine rings is 2. The Morgan fingerprint density at radius 2 is 2.04 bits per heavy atom. The average Bonchev–Trinajstić information content (AvgIpc) is 3.27. The molecular formula is C19H26ClN5OS. The Hall–Kier alpha value is -1.44. The second kappa shape index (κ2) is 7.89. The number of nitrogens with one attached hydrogen (secondary N) is 2. The number of amides is 1. The summed E-state index contributed by atoms with van der Waals surface area (Å²) in [4.78, 5) is 25.1. The molecule has 3 unspecified atom stereocenters. The largest absolute Gasteiger partial charge is 0.355 e.